The molecule has 0 aliphatic heterocycles. The fourth-order valence-electron chi connectivity index (χ4n) is 2.86. The summed E-state index contributed by atoms with van der Waals surface area (Å²) in [7, 11) is 0. The summed E-state index contributed by atoms with van der Waals surface area (Å²) in [6, 6.07) is 12.9. The van der Waals surface area contributed by atoms with E-state index in [1.165, 1.54) is 5.56 Å². The molecular formula is C20H20O3. The SMILES string of the molecule is Cc1ccc(C(C)C)c2cc(Cc3ccc(O)cc3)c(=O)oc12. The minimum atomic E-state index is -0.297. The van der Waals surface area contributed by atoms with Crippen molar-refractivity contribution >= 4 is 11.0 Å². The zero-order valence-corrected chi connectivity index (χ0v) is 13.6. The van der Waals surface area contributed by atoms with Crippen molar-refractivity contribution in [2.24, 2.45) is 0 Å². The third-order valence-electron chi connectivity index (χ3n) is 4.16. The molecule has 0 aliphatic rings. The molecule has 0 aliphatic carbocycles. The fourth-order valence-corrected chi connectivity index (χ4v) is 2.86. The molecule has 0 spiro atoms. The number of aryl methyl sites for hydroxylation is 1. The van der Waals surface area contributed by atoms with Crippen LogP contribution in [0.1, 0.15) is 42.0 Å². The molecule has 2 aromatic carbocycles. The van der Waals surface area contributed by atoms with Crippen molar-refractivity contribution in [2.75, 3.05) is 0 Å². The molecule has 0 saturated carbocycles. The molecule has 0 bridgehead atoms. The van der Waals surface area contributed by atoms with Crippen molar-refractivity contribution in [2.45, 2.75) is 33.1 Å². The highest BCUT2D eigenvalue weighted by Crippen LogP contribution is 2.28. The zero-order chi connectivity index (χ0) is 16.6. The Labute approximate surface area is 135 Å². The predicted octanol–water partition coefficient (Wildman–Crippen LogP) is 4.52. The molecule has 3 rings (SSSR count). The van der Waals surface area contributed by atoms with Gasteiger partial charge in [0, 0.05) is 17.4 Å². The zero-order valence-electron chi connectivity index (χ0n) is 13.6. The standard InChI is InChI=1S/C20H20O3/c1-12(2)17-9-4-13(3)19-18(17)11-15(20(22)23-19)10-14-5-7-16(21)8-6-14/h4-9,11-12,21H,10H2,1-3H3. The first-order valence-corrected chi connectivity index (χ1v) is 7.80. The number of phenolic OH excluding ortho intramolecular Hbond substituents is 1. The molecule has 3 aromatic rings. The van der Waals surface area contributed by atoms with Gasteiger partial charge in [-0.05, 0) is 47.7 Å². The van der Waals surface area contributed by atoms with Crippen molar-refractivity contribution in [1.82, 2.24) is 0 Å². The first-order valence-electron chi connectivity index (χ1n) is 7.80. The molecule has 0 atom stereocenters. The van der Waals surface area contributed by atoms with Crippen molar-refractivity contribution < 1.29 is 9.52 Å². The van der Waals surface area contributed by atoms with Crippen LogP contribution in [0.4, 0.5) is 0 Å². The number of hydrogen-bond acceptors (Lipinski definition) is 3. The summed E-state index contributed by atoms with van der Waals surface area (Å²) in [5, 5.41) is 10.4. The molecule has 0 amide bonds. The maximum atomic E-state index is 12.3. The molecule has 0 radical (unpaired) electrons. The first-order chi connectivity index (χ1) is 11.0. The Morgan fingerprint density at radius 3 is 2.43 bits per heavy atom. The first kappa shape index (κ1) is 15.3. The summed E-state index contributed by atoms with van der Waals surface area (Å²) in [6.07, 6.45) is 0.490. The maximum absolute atomic E-state index is 12.3. The van der Waals surface area contributed by atoms with Crippen LogP contribution in [0.15, 0.2) is 51.7 Å². The van der Waals surface area contributed by atoms with E-state index in [-0.39, 0.29) is 11.4 Å². The molecule has 3 heteroatoms. The monoisotopic (exact) mass is 308 g/mol. The molecule has 1 heterocycles. The van der Waals surface area contributed by atoms with Crippen LogP contribution in [0, 0.1) is 6.92 Å². The number of fused-ring (bicyclic) bond motifs is 1. The summed E-state index contributed by atoms with van der Waals surface area (Å²) < 4.78 is 5.61. The van der Waals surface area contributed by atoms with Crippen LogP contribution >= 0.6 is 0 Å². The Hall–Kier alpha value is -2.55. The lowest BCUT2D eigenvalue weighted by atomic mass is 9.95. The van der Waals surface area contributed by atoms with E-state index in [1.807, 2.05) is 31.2 Å². The molecule has 0 unspecified atom stereocenters. The predicted molar refractivity (Wildman–Crippen MR) is 92.2 cm³/mol. The van der Waals surface area contributed by atoms with Gasteiger partial charge in [0.1, 0.15) is 11.3 Å². The number of hydrogen-bond donors (Lipinski definition) is 1. The van der Waals surface area contributed by atoms with Crippen LogP contribution in [0.2, 0.25) is 0 Å². The second-order valence-corrected chi connectivity index (χ2v) is 6.27. The van der Waals surface area contributed by atoms with Crippen molar-refractivity contribution in [3.63, 3.8) is 0 Å². The second-order valence-electron chi connectivity index (χ2n) is 6.27. The van der Waals surface area contributed by atoms with Crippen molar-refractivity contribution in [3.05, 3.63) is 75.1 Å². The van der Waals surface area contributed by atoms with Crippen molar-refractivity contribution in [3.8, 4) is 5.75 Å². The third-order valence-corrected chi connectivity index (χ3v) is 4.16. The van der Waals surface area contributed by atoms with Gasteiger partial charge in [-0.15, -0.1) is 0 Å². The summed E-state index contributed by atoms with van der Waals surface area (Å²) >= 11 is 0. The molecule has 1 N–H and O–H groups in total. The van der Waals surface area contributed by atoms with Gasteiger partial charge in [-0.25, -0.2) is 4.79 Å². The lowest BCUT2D eigenvalue weighted by Crippen LogP contribution is -2.09. The molecular weight excluding hydrogens is 288 g/mol. The van der Waals surface area contributed by atoms with Gasteiger partial charge < -0.3 is 9.52 Å². The largest absolute Gasteiger partial charge is 0.508 e. The smallest absolute Gasteiger partial charge is 0.339 e. The van der Waals surface area contributed by atoms with E-state index in [0.29, 0.717) is 23.5 Å². The molecule has 23 heavy (non-hydrogen) atoms. The lowest BCUT2D eigenvalue weighted by Gasteiger charge is -2.12. The van der Waals surface area contributed by atoms with Gasteiger partial charge >= 0.3 is 5.63 Å². The van der Waals surface area contributed by atoms with Crippen LogP contribution in [0.3, 0.4) is 0 Å². The van der Waals surface area contributed by atoms with Crippen molar-refractivity contribution in [1.29, 1.82) is 0 Å². The highest BCUT2D eigenvalue weighted by Gasteiger charge is 2.13. The van der Waals surface area contributed by atoms with Gasteiger partial charge in [0.15, 0.2) is 0 Å². The molecule has 3 nitrogen and oxygen atoms in total. The minimum absolute atomic E-state index is 0.219. The van der Waals surface area contributed by atoms with E-state index in [4.69, 9.17) is 4.42 Å². The normalized spacial score (nSPS) is 11.3. The molecule has 0 fully saturated rings. The number of rotatable bonds is 3. The van der Waals surface area contributed by atoms with E-state index in [0.717, 1.165) is 16.5 Å². The van der Waals surface area contributed by atoms with Gasteiger partial charge in [-0.3, -0.25) is 0 Å². The molecule has 0 saturated heterocycles. The third kappa shape index (κ3) is 3.00. The number of benzene rings is 2. The van der Waals surface area contributed by atoms with E-state index < -0.39 is 0 Å². The van der Waals surface area contributed by atoms with Crippen LogP contribution in [0.25, 0.3) is 11.0 Å². The summed E-state index contributed by atoms with van der Waals surface area (Å²) in [4.78, 5) is 12.3. The maximum Gasteiger partial charge on any atom is 0.339 e. The van der Waals surface area contributed by atoms with E-state index in [2.05, 4.69) is 19.9 Å². The van der Waals surface area contributed by atoms with Crippen LogP contribution in [-0.4, -0.2) is 5.11 Å². The van der Waals surface area contributed by atoms with E-state index >= 15 is 0 Å². The van der Waals surface area contributed by atoms with Gasteiger partial charge in [-0.2, -0.15) is 0 Å². The average molecular weight is 308 g/mol. The summed E-state index contributed by atoms with van der Waals surface area (Å²) in [6.45, 7) is 6.22. The Balaban J connectivity index is 2.14. The Kier molecular flexibility index (Phi) is 3.95. The van der Waals surface area contributed by atoms with Crippen LogP contribution in [-0.2, 0) is 6.42 Å². The Morgan fingerprint density at radius 1 is 1.09 bits per heavy atom. The van der Waals surface area contributed by atoms with E-state index in [1.54, 1.807) is 12.1 Å². The highest BCUT2D eigenvalue weighted by atomic mass is 16.4. The van der Waals surface area contributed by atoms with Crippen LogP contribution in [0.5, 0.6) is 5.75 Å². The minimum Gasteiger partial charge on any atom is -0.508 e. The van der Waals surface area contributed by atoms with Gasteiger partial charge in [0.25, 0.3) is 0 Å². The number of aromatic hydroxyl groups is 1. The van der Waals surface area contributed by atoms with E-state index in [9.17, 15) is 9.90 Å². The molecule has 1 aromatic heterocycles. The van der Waals surface area contributed by atoms with Gasteiger partial charge in [0.05, 0.1) is 0 Å². The fraction of sp³-hybridized carbons (Fsp3) is 0.250. The summed E-state index contributed by atoms with van der Waals surface area (Å²) in [5.74, 6) is 0.573. The number of phenols is 1. The molecule has 118 valence electrons. The topological polar surface area (TPSA) is 50.4 Å². The lowest BCUT2D eigenvalue weighted by molar-refractivity contribution is 0.475. The highest BCUT2D eigenvalue weighted by molar-refractivity contribution is 5.84. The van der Waals surface area contributed by atoms with Gasteiger partial charge in [0.2, 0.25) is 0 Å². The average Bonchev–Trinajstić information content (AvgIpc) is 2.51. The van der Waals surface area contributed by atoms with Gasteiger partial charge in [-0.1, -0.05) is 38.1 Å². The van der Waals surface area contributed by atoms with Crippen LogP contribution < -0.4 is 5.63 Å². The second kappa shape index (κ2) is 5.92. The summed E-state index contributed by atoms with van der Waals surface area (Å²) in [5.41, 5.74) is 4.13. The quantitative estimate of drug-likeness (QED) is 0.724. The Bertz CT molecular complexity index is 903. The Morgan fingerprint density at radius 2 is 1.78 bits per heavy atom.